The number of alkyl halides is 2. The molecule has 4 aromatic rings. The number of halogens is 2. The summed E-state index contributed by atoms with van der Waals surface area (Å²) >= 11 is 0. The molecule has 272 valence electrons. The fourth-order valence-electron chi connectivity index (χ4n) is 6.72. The Morgan fingerprint density at radius 1 is 1.06 bits per heavy atom. The molecule has 17 heteroatoms. The molecule has 1 aliphatic carbocycles. The summed E-state index contributed by atoms with van der Waals surface area (Å²) in [5.74, 6) is -2.54. The molecule has 1 saturated carbocycles. The topological polar surface area (TPSA) is 163 Å². The zero-order valence-corrected chi connectivity index (χ0v) is 29.2. The normalized spacial score (nSPS) is 21.9. The lowest BCUT2D eigenvalue weighted by Gasteiger charge is -2.42. The predicted octanol–water partition coefficient (Wildman–Crippen LogP) is 4.66. The Morgan fingerprint density at radius 3 is 2.45 bits per heavy atom. The minimum atomic E-state index is -3.20. The van der Waals surface area contributed by atoms with Crippen LogP contribution in [0.4, 0.5) is 20.4 Å². The summed E-state index contributed by atoms with van der Waals surface area (Å²) < 4.78 is 54.3. The highest BCUT2D eigenvalue weighted by Gasteiger charge is 2.34. The zero-order valence-electron chi connectivity index (χ0n) is 29.2. The van der Waals surface area contributed by atoms with Gasteiger partial charge in [0.1, 0.15) is 36.5 Å². The Morgan fingerprint density at radius 2 is 1.78 bits per heavy atom. The smallest absolute Gasteiger partial charge is 0.304 e. The molecule has 0 spiro atoms. The lowest BCUT2D eigenvalue weighted by Crippen LogP contribution is -2.51. The predicted molar refractivity (Wildman–Crippen MR) is 181 cm³/mol. The molecule has 51 heavy (non-hydrogen) atoms. The molecule has 1 N–H and O–H groups in total. The number of benzene rings is 1. The van der Waals surface area contributed by atoms with Crippen molar-refractivity contribution in [3.63, 3.8) is 0 Å². The van der Waals surface area contributed by atoms with Crippen LogP contribution in [0.3, 0.4) is 0 Å². The van der Waals surface area contributed by atoms with Crippen molar-refractivity contribution >= 4 is 11.6 Å². The Hall–Kier alpha value is -4.79. The Bertz CT molecular complexity index is 1750. The van der Waals surface area contributed by atoms with Crippen LogP contribution in [0.25, 0.3) is 11.1 Å². The van der Waals surface area contributed by atoms with Crippen molar-refractivity contribution in [3.8, 4) is 28.8 Å². The van der Waals surface area contributed by atoms with Crippen LogP contribution in [0.1, 0.15) is 58.1 Å². The molecule has 1 unspecified atom stereocenters. The first kappa shape index (κ1) is 36.0. The number of ether oxygens (including phenoxy) is 4. The van der Waals surface area contributed by atoms with Gasteiger partial charge in [-0.05, 0) is 74.6 Å². The Kier molecular flexibility index (Phi) is 11.3. The number of hydrogen-bond donors (Lipinski definition) is 1. The van der Waals surface area contributed by atoms with Crippen molar-refractivity contribution < 1.29 is 27.7 Å². The maximum absolute atomic E-state index is 14.4. The van der Waals surface area contributed by atoms with Crippen LogP contribution in [0.15, 0.2) is 43.1 Å². The van der Waals surface area contributed by atoms with Gasteiger partial charge in [0.05, 0.1) is 36.6 Å². The minimum Gasteiger partial charge on any atom is -0.487 e. The van der Waals surface area contributed by atoms with Crippen LogP contribution < -0.4 is 14.8 Å². The fraction of sp³-hybridized carbons (Fsp3) is 0.559. The maximum Gasteiger partial charge on any atom is 0.304 e. The molecule has 15 nitrogen and oxygen atoms in total. The van der Waals surface area contributed by atoms with Crippen molar-refractivity contribution in [2.75, 3.05) is 38.7 Å². The summed E-state index contributed by atoms with van der Waals surface area (Å²) in [4.78, 5) is 11.5. The van der Waals surface area contributed by atoms with Gasteiger partial charge in [0.15, 0.2) is 6.61 Å². The van der Waals surface area contributed by atoms with Gasteiger partial charge < -0.3 is 24.3 Å². The van der Waals surface area contributed by atoms with E-state index in [1.165, 1.54) is 13.4 Å². The molecule has 0 radical (unpaired) electrons. The number of hydrogen-bond acceptors (Lipinski definition) is 13. The van der Waals surface area contributed by atoms with Gasteiger partial charge in [-0.2, -0.15) is 5.26 Å². The number of tetrazole rings is 1. The SMILES string of the molecule is COCC(F)(F)COc1nn(C2CCC(N3C[C@@H](C)O[C@@H](C)C3)CC2)cc1Nc1ncc(-c2ccc(C#N)c(OC(C)Cn3cnnn3)c2)cn1. The first-order valence-corrected chi connectivity index (χ1v) is 17.1. The summed E-state index contributed by atoms with van der Waals surface area (Å²) in [5.41, 5.74) is 2.16. The molecule has 0 bridgehead atoms. The molecule has 1 saturated heterocycles. The third-order valence-electron chi connectivity index (χ3n) is 8.98. The third kappa shape index (κ3) is 9.31. The molecule has 6 rings (SSSR count). The van der Waals surface area contributed by atoms with Crippen LogP contribution in [-0.4, -0.2) is 109 Å². The van der Waals surface area contributed by atoms with E-state index >= 15 is 0 Å². The summed E-state index contributed by atoms with van der Waals surface area (Å²) in [5, 5.41) is 28.5. The Labute approximate surface area is 294 Å². The number of nitrogens with one attached hydrogen (secondary N) is 1. The highest BCUT2D eigenvalue weighted by molar-refractivity contribution is 5.67. The first-order valence-electron chi connectivity index (χ1n) is 17.1. The number of morpholine rings is 1. The van der Waals surface area contributed by atoms with E-state index in [1.807, 2.05) is 6.92 Å². The number of aromatic nitrogens is 8. The van der Waals surface area contributed by atoms with E-state index in [-0.39, 0.29) is 36.2 Å². The summed E-state index contributed by atoms with van der Waals surface area (Å²) in [6, 6.07) is 7.93. The van der Waals surface area contributed by atoms with Crippen LogP contribution in [-0.2, 0) is 16.0 Å². The number of nitriles is 1. The van der Waals surface area contributed by atoms with Crippen molar-refractivity contribution in [1.29, 1.82) is 5.26 Å². The van der Waals surface area contributed by atoms with Gasteiger partial charge in [0, 0.05) is 44.2 Å². The van der Waals surface area contributed by atoms with E-state index < -0.39 is 19.1 Å². The van der Waals surface area contributed by atoms with Crippen molar-refractivity contribution in [1.82, 2.24) is 44.9 Å². The number of anilines is 2. The number of nitrogens with zero attached hydrogens (tertiary/aromatic N) is 10. The molecule has 0 amide bonds. The molecular weight excluding hydrogens is 664 g/mol. The standard InChI is InChI=1S/C34H43F2N11O4/c1-22-15-45(16-23(2)50-22)28-7-9-29(10-8-28)47-18-30(32(42-47)49-20-34(35,36)19-48-4)41-33-38-13-27(14-39-33)25-5-6-26(12-37)31(11-25)51-24(3)17-46-21-40-43-44-46/h5-6,11,13-14,18,21-24,28-29H,7-10,15-17,19-20H2,1-4H3,(H,38,39,41)/t22-,23+,24?,28?,29?. The quantitative estimate of drug-likeness (QED) is 0.193. The van der Waals surface area contributed by atoms with Crippen LogP contribution in [0.5, 0.6) is 11.6 Å². The monoisotopic (exact) mass is 707 g/mol. The molecular formula is C34H43F2N11O4. The van der Waals surface area contributed by atoms with Gasteiger partial charge in [-0.3, -0.25) is 9.58 Å². The first-order chi connectivity index (χ1) is 24.6. The summed E-state index contributed by atoms with van der Waals surface area (Å²) in [6.07, 6.45) is 10.4. The lowest BCUT2D eigenvalue weighted by molar-refractivity contribution is -0.0918. The van der Waals surface area contributed by atoms with E-state index in [0.717, 1.165) is 44.3 Å². The lowest BCUT2D eigenvalue weighted by atomic mass is 9.89. The van der Waals surface area contributed by atoms with Crippen molar-refractivity contribution in [2.24, 2.45) is 0 Å². The fourth-order valence-corrected chi connectivity index (χ4v) is 6.72. The average molecular weight is 708 g/mol. The second kappa shape index (κ2) is 16.0. The molecule has 2 aliphatic rings. The molecule has 4 heterocycles. The van der Waals surface area contributed by atoms with E-state index in [1.54, 1.807) is 46.2 Å². The van der Waals surface area contributed by atoms with Gasteiger partial charge >= 0.3 is 5.92 Å². The van der Waals surface area contributed by atoms with Gasteiger partial charge in [0.25, 0.3) is 5.88 Å². The molecule has 3 atom stereocenters. The summed E-state index contributed by atoms with van der Waals surface area (Å²) in [7, 11) is 1.22. The number of methoxy groups -OCH3 is 1. The third-order valence-corrected chi connectivity index (χ3v) is 8.98. The largest absolute Gasteiger partial charge is 0.487 e. The van der Waals surface area contributed by atoms with Gasteiger partial charge in [-0.15, -0.1) is 10.2 Å². The van der Waals surface area contributed by atoms with Crippen molar-refractivity contribution in [3.05, 3.63) is 48.7 Å². The van der Waals surface area contributed by atoms with Crippen LogP contribution in [0, 0.1) is 11.3 Å². The molecule has 1 aromatic carbocycles. The van der Waals surface area contributed by atoms with Gasteiger partial charge in [-0.1, -0.05) is 6.07 Å². The van der Waals surface area contributed by atoms with Crippen LogP contribution in [0.2, 0.25) is 0 Å². The molecule has 3 aromatic heterocycles. The summed E-state index contributed by atoms with van der Waals surface area (Å²) in [6.45, 7) is 6.65. The van der Waals surface area contributed by atoms with E-state index in [2.05, 4.69) is 65.5 Å². The second-order valence-corrected chi connectivity index (χ2v) is 13.3. The second-order valence-electron chi connectivity index (χ2n) is 13.3. The zero-order chi connectivity index (χ0) is 36.0. The number of rotatable bonds is 14. The maximum atomic E-state index is 14.4. The average Bonchev–Trinajstić information content (AvgIpc) is 3.77. The molecule has 1 aliphatic heterocycles. The van der Waals surface area contributed by atoms with Crippen LogP contribution >= 0.6 is 0 Å². The highest BCUT2D eigenvalue weighted by Crippen LogP contribution is 2.36. The van der Waals surface area contributed by atoms with E-state index in [4.69, 9.17) is 14.2 Å². The Balaban J connectivity index is 1.15. The van der Waals surface area contributed by atoms with Crippen molar-refractivity contribution in [2.45, 2.75) is 89.3 Å². The molecule has 2 fully saturated rings. The van der Waals surface area contributed by atoms with E-state index in [9.17, 15) is 14.0 Å². The minimum absolute atomic E-state index is 0.0288. The van der Waals surface area contributed by atoms with Gasteiger partial charge in [0.2, 0.25) is 5.95 Å². The van der Waals surface area contributed by atoms with Gasteiger partial charge in [-0.25, -0.2) is 23.4 Å². The van der Waals surface area contributed by atoms with E-state index in [0.29, 0.717) is 35.2 Å². The highest BCUT2D eigenvalue weighted by atomic mass is 19.3.